The van der Waals surface area contributed by atoms with Crippen LogP contribution in [0.4, 0.5) is 0 Å². The fourth-order valence-electron chi connectivity index (χ4n) is 2.07. The van der Waals surface area contributed by atoms with Crippen molar-refractivity contribution < 1.29 is 4.79 Å². The van der Waals surface area contributed by atoms with Crippen LogP contribution in [0.3, 0.4) is 0 Å². The summed E-state index contributed by atoms with van der Waals surface area (Å²) in [6.07, 6.45) is 3.37. The Morgan fingerprint density at radius 2 is 1.91 bits per heavy atom. The van der Waals surface area contributed by atoms with Crippen molar-refractivity contribution in [2.24, 2.45) is 0 Å². The van der Waals surface area contributed by atoms with Gasteiger partial charge in [0.1, 0.15) is 0 Å². The maximum Gasteiger partial charge on any atom is 0.275 e. The van der Waals surface area contributed by atoms with E-state index in [-0.39, 0.29) is 16.8 Å². The van der Waals surface area contributed by atoms with E-state index in [9.17, 15) is 4.79 Å². The van der Waals surface area contributed by atoms with Crippen molar-refractivity contribution >= 4 is 17.5 Å². The van der Waals surface area contributed by atoms with Gasteiger partial charge >= 0.3 is 0 Å². The molecule has 6 nitrogen and oxygen atoms in total. The molecule has 1 aromatic carbocycles. The molecule has 2 heterocycles. The van der Waals surface area contributed by atoms with Crippen LogP contribution in [-0.4, -0.2) is 25.9 Å². The first-order chi connectivity index (χ1) is 11.2. The minimum Gasteiger partial charge on any atom is -0.346 e. The predicted octanol–water partition coefficient (Wildman–Crippen LogP) is 2.30. The number of nitrogens with zero attached hydrogens (tertiary/aromatic N) is 4. The molecule has 1 amide bonds. The first-order valence-corrected chi connectivity index (χ1v) is 7.42. The second kappa shape index (κ2) is 7.02. The zero-order valence-electron chi connectivity index (χ0n) is 12.2. The highest BCUT2D eigenvalue weighted by molar-refractivity contribution is 6.32. The lowest BCUT2D eigenvalue weighted by atomic mass is 10.2. The molecule has 2 aromatic heterocycles. The molecule has 0 unspecified atom stereocenters. The van der Waals surface area contributed by atoms with Crippen molar-refractivity contribution in [1.82, 2.24) is 25.3 Å². The zero-order chi connectivity index (χ0) is 16.1. The lowest BCUT2D eigenvalue weighted by Gasteiger charge is -2.04. The Morgan fingerprint density at radius 3 is 2.65 bits per heavy atom. The summed E-state index contributed by atoms with van der Waals surface area (Å²) in [4.78, 5) is 16.2. The van der Waals surface area contributed by atoms with Crippen LogP contribution in [-0.2, 0) is 13.1 Å². The van der Waals surface area contributed by atoms with Crippen molar-refractivity contribution in [3.63, 3.8) is 0 Å². The van der Waals surface area contributed by atoms with Crippen LogP contribution < -0.4 is 5.32 Å². The van der Waals surface area contributed by atoms with Gasteiger partial charge in [0.25, 0.3) is 5.91 Å². The smallest absolute Gasteiger partial charge is 0.275 e. The van der Waals surface area contributed by atoms with E-state index in [0.717, 1.165) is 11.1 Å². The molecule has 0 saturated carbocycles. The van der Waals surface area contributed by atoms with E-state index in [0.29, 0.717) is 13.1 Å². The number of aromatic nitrogens is 4. The Bertz CT molecular complexity index is 789. The van der Waals surface area contributed by atoms with Crippen molar-refractivity contribution in [3.8, 4) is 0 Å². The molecule has 7 heteroatoms. The van der Waals surface area contributed by atoms with Gasteiger partial charge in [-0.15, -0.1) is 5.10 Å². The molecule has 1 N–H and O–H groups in total. The van der Waals surface area contributed by atoms with Crippen molar-refractivity contribution in [2.45, 2.75) is 13.1 Å². The van der Waals surface area contributed by atoms with Gasteiger partial charge in [-0.2, -0.15) is 0 Å². The van der Waals surface area contributed by atoms with Gasteiger partial charge in [0.05, 0.1) is 6.54 Å². The van der Waals surface area contributed by atoms with Gasteiger partial charge in [0.15, 0.2) is 10.8 Å². The van der Waals surface area contributed by atoms with Crippen LogP contribution in [0.15, 0.2) is 54.9 Å². The van der Waals surface area contributed by atoms with Crippen LogP contribution in [0.1, 0.15) is 21.6 Å². The highest BCUT2D eigenvalue weighted by atomic mass is 35.5. The van der Waals surface area contributed by atoms with E-state index in [1.165, 1.54) is 4.68 Å². The van der Waals surface area contributed by atoms with Gasteiger partial charge in [-0.25, -0.2) is 4.68 Å². The van der Waals surface area contributed by atoms with E-state index in [1.807, 2.05) is 42.5 Å². The Hall–Kier alpha value is -2.73. The van der Waals surface area contributed by atoms with E-state index >= 15 is 0 Å². The second-order valence-electron chi connectivity index (χ2n) is 4.92. The topological polar surface area (TPSA) is 72.7 Å². The van der Waals surface area contributed by atoms with Crippen molar-refractivity contribution in [2.75, 3.05) is 0 Å². The lowest BCUT2D eigenvalue weighted by molar-refractivity contribution is 0.0946. The molecule has 0 radical (unpaired) electrons. The number of hydrogen-bond donors (Lipinski definition) is 1. The summed E-state index contributed by atoms with van der Waals surface area (Å²) >= 11 is 6.22. The molecule has 0 aliphatic rings. The molecule has 0 saturated heterocycles. The quantitative estimate of drug-likeness (QED) is 0.780. The summed E-state index contributed by atoms with van der Waals surface area (Å²) in [5.41, 5.74) is 2.04. The number of rotatable bonds is 5. The SMILES string of the molecule is O=C(NCc1cccnc1)c1nnn(Cc2ccccc2)c1Cl. The highest BCUT2D eigenvalue weighted by Crippen LogP contribution is 2.14. The molecule has 0 bridgehead atoms. The molecular formula is C16H14ClN5O. The van der Waals surface area contributed by atoms with Crippen LogP contribution >= 0.6 is 11.6 Å². The summed E-state index contributed by atoms with van der Waals surface area (Å²) in [5, 5.41) is 10.8. The number of halogens is 1. The number of carbonyl (C=O) groups is 1. The molecule has 0 aliphatic heterocycles. The number of pyridine rings is 1. The summed E-state index contributed by atoms with van der Waals surface area (Å²) in [5.74, 6) is -0.363. The molecule has 3 aromatic rings. The molecule has 0 spiro atoms. The molecule has 116 valence electrons. The summed E-state index contributed by atoms with van der Waals surface area (Å²) in [6, 6.07) is 13.4. The zero-order valence-corrected chi connectivity index (χ0v) is 12.9. The molecule has 23 heavy (non-hydrogen) atoms. The number of carbonyl (C=O) groups excluding carboxylic acids is 1. The minimum atomic E-state index is -0.363. The molecule has 0 atom stereocenters. The maximum absolute atomic E-state index is 12.2. The van der Waals surface area contributed by atoms with Gasteiger partial charge in [-0.1, -0.05) is 53.2 Å². The minimum absolute atomic E-state index is 0.117. The third-order valence-corrected chi connectivity index (χ3v) is 3.61. The predicted molar refractivity (Wildman–Crippen MR) is 86.0 cm³/mol. The first-order valence-electron chi connectivity index (χ1n) is 7.04. The van der Waals surface area contributed by atoms with Crippen molar-refractivity contribution in [1.29, 1.82) is 0 Å². The van der Waals surface area contributed by atoms with Gasteiger partial charge in [-0.05, 0) is 17.2 Å². The standard InChI is InChI=1S/C16H14ClN5O/c17-15-14(16(23)19-10-13-7-4-8-18-9-13)20-21-22(15)11-12-5-2-1-3-6-12/h1-9H,10-11H2,(H,19,23). The highest BCUT2D eigenvalue weighted by Gasteiger charge is 2.18. The third kappa shape index (κ3) is 3.73. The van der Waals surface area contributed by atoms with E-state index < -0.39 is 0 Å². The largest absolute Gasteiger partial charge is 0.346 e. The Kier molecular flexibility index (Phi) is 4.63. The molecule has 3 rings (SSSR count). The number of nitrogens with one attached hydrogen (secondary N) is 1. The number of amides is 1. The third-order valence-electron chi connectivity index (χ3n) is 3.24. The summed E-state index contributed by atoms with van der Waals surface area (Å²) < 4.78 is 1.50. The molecule has 0 aliphatic carbocycles. The number of benzene rings is 1. The fraction of sp³-hybridized carbons (Fsp3) is 0.125. The van der Waals surface area contributed by atoms with Gasteiger partial charge < -0.3 is 5.32 Å². The molecule has 0 fully saturated rings. The Balaban J connectivity index is 1.67. The van der Waals surface area contributed by atoms with E-state index in [1.54, 1.807) is 12.4 Å². The average molecular weight is 328 g/mol. The van der Waals surface area contributed by atoms with Crippen LogP contribution in [0, 0.1) is 0 Å². The Morgan fingerprint density at radius 1 is 1.13 bits per heavy atom. The lowest BCUT2D eigenvalue weighted by Crippen LogP contribution is -2.23. The normalized spacial score (nSPS) is 10.5. The van der Waals surface area contributed by atoms with E-state index in [4.69, 9.17) is 11.6 Å². The van der Waals surface area contributed by atoms with E-state index in [2.05, 4.69) is 20.6 Å². The summed E-state index contributed by atoms with van der Waals surface area (Å²) in [6.45, 7) is 0.817. The first kappa shape index (κ1) is 15.2. The van der Waals surface area contributed by atoms with Crippen LogP contribution in [0.2, 0.25) is 5.15 Å². The number of hydrogen-bond acceptors (Lipinski definition) is 4. The van der Waals surface area contributed by atoms with Crippen LogP contribution in [0.25, 0.3) is 0 Å². The van der Waals surface area contributed by atoms with Gasteiger partial charge in [0, 0.05) is 18.9 Å². The van der Waals surface area contributed by atoms with Gasteiger partial charge in [-0.3, -0.25) is 9.78 Å². The van der Waals surface area contributed by atoms with Crippen molar-refractivity contribution in [3.05, 3.63) is 76.8 Å². The average Bonchev–Trinajstić information content (AvgIpc) is 2.95. The molecular weight excluding hydrogens is 314 g/mol. The Labute approximate surface area is 138 Å². The fourth-order valence-corrected chi connectivity index (χ4v) is 2.28. The maximum atomic E-state index is 12.2. The van der Waals surface area contributed by atoms with Crippen LogP contribution in [0.5, 0.6) is 0 Å². The monoisotopic (exact) mass is 327 g/mol. The second-order valence-corrected chi connectivity index (χ2v) is 5.27. The summed E-state index contributed by atoms with van der Waals surface area (Å²) in [7, 11) is 0. The van der Waals surface area contributed by atoms with Gasteiger partial charge in [0.2, 0.25) is 0 Å².